The molecule has 3 rings (SSSR count). The molecule has 0 aliphatic carbocycles. The van der Waals surface area contributed by atoms with Gasteiger partial charge in [0.05, 0.1) is 6.04 Å². The normalized spacial score (nSPS) is 33.0. The number of carbonyl (C=O) groups is 2. The minimum Gasteiger partial charge on any atom is -0.396 e. The summed E-state index contributed by atoms with van der Waals surface area (Å²) in [6.07, 6.45) is 5.57. The molecule has 3 saturated heterocycles. The van der Waals surface area contributed by atoms with Gasteiger partial charge < -0.3 is 5.11 Å². The fraction of sp³-hybridized carbons (Fsp3) is 0.875. The van der Waals surface area contributed by atoms with Gasteiger partial charge in [0.2, 0.25) is 11.8 Å². The molecule has 3 heterocycles. The van der Waals surface area contributed by atoms with Crippen LogP contribution in [0.4, 0.5) is 0 Å². The second kappa shape index (κ2) is 7.06. The first-order valence-electron chi connectivity index (χ1n) is 8.60. The Hall–Kier alpha value is -0.980. The lowest BCUT2D eigenvalue weighted by Crippen LogP contribution is -2.58. The van der Waals surface area contributed by atoms with Crippen molar-refractivity contribution in [2.24, 2.45) is 5.92 Å². The van der Waals surface area contributed by atoms with Crippen LogP contribution in [0.25, 0.3) is 0 Å². The molecule has 0 saturated carbocycles. The van der Waals surface area contributed by atoms with Crippen LogP contribution in [0.5, 0.6) is 0 Å². The van der Waals surface area contributed by atoms with Crippen molar-refractivity contribution in [3.63, 3.8) is 0 Å². The van der Waals surface area contributed by atoms with Crippen LogP contribution in [-0.2, 0) is 9.59 Å². The van der Waals surface area contributed by atoms with Crippen LogP contribution in [0.15, 0.2) is 0 Å². The number of hydrogen-bond donors (Lipinski definition) is 2. The molecule has 3 aliphatic rings. The van der Waals surface area contributed by atoms with Gasteiger partial charge in [-0.1, -0.05) is 0 Å². The number of amides is 2. The maximum absolute atomic E-state index is 12.1. The zero-order valence-corrected chi connectivity index (χ0v) is 13.2. The smallest absolute Gasteiger partial charge is 0.243 e. The number of piperidine rings is 3. The van der Waals surface area contributed by atoms with Gasteiger partial charge in [0, 0.05) is 25.6 Å². The third kappa shape index (κ3) is 3.50. The van der Waals surface area contributed by atoms with E-state index in [0.29, 0.717) is 31.4 Å². The van der Waals surface area contributed by atoms with Gasteiger partial charge in [-0.25, -0.2) is 0 Å². The molecule has 124 valence electrons. The van der Waals surface area contributed by atoms with Crippen LogP contribution in [0.1, 0.15) is 38.5 Å². The van der Waals surface area contributed by atoms with Gasteiger partial charge in [-0.3, -0.25) is 24.7 Å². The van der Waals surface area contributed by atoms with Crippen LogP contribution in [0.2, 0.25) is 0 Å². The third-order valence-corrected chi connectivity index (χ3v) is 5.50. The second-order valence-corrected chi connectivity index (χ2v) is 6.92. The highest BCUT2D eigenvalue weighted by Crippen LogP contribution is 2.25. The molecule has 0 radical (unpaired) electrons. The summed E-state index contributed by atoms with van der Waals surface area (Å²) >= 11 is 0. The first kappa shape index (κ1) is 15.9. The van der Waals surface area contributed by atoms with E-state index in [1.165, 1.54) is 6.42 Å². The number of rotatable bonds is 3. The lowest BCUT2D eigenvalue weighted by atomic mass is 9.93. The lowest BCUT2D eigenvalue weighted by Gasteiger charge is -2.44. The van der Waals surface area contributed by atoms with Crippen molar-refractivity contribution in [1.29, 1.82) is 0 Å². The number of likely N-dealkylation sites (tertiary alicyclic amines) is 2. The fourth-order valence-electron chi connectivity index (χ4n) is 4.10. The minimum absolute atomic E-state index is 0.115. The second-order valence-electron chi connectivity index (χ2n) is 6.92. The van der Waals surface area contributed by atoms with Crippen molar-refractivity contribution >= 4 is 11.8 Å². The van der Waals surface area contributed by atoms with Gasteiger partial charge in [0.25, 0.3) is 0 Å². The van der Waals surface area contributed by atoms with E-state index in [4.69, 9.17) is 0 Å². The van der Waals surface area contributed by atoms with E-state index in [-0.39, 0.29) is 17.9 Å². The Morgan fingerprint density at radius 3 is 2.50 bits per heavy atom. The largest absolute Gasteiger partial charge is 0.396 e. The Kier molecular flexibility index (Phi) is 5.10. The van der Waals surface area contributed by atoms with Crippen molar-refractivity contribution in [1.82, 2.24) is 15.1 Å². The minimum atomic E-state index is -0.138. The standard InChI is InChI=1S/C16H27N3O3/c20-11-12-5-8-18(9-6-12)13-2-1-7-19(10-13)14-3-4-15(21)17-16(14)22/h12-14,20H,1-11H2,(H,17,21,22). The molecule has 0 aromatic rings. The molecule has 6 heteroatoms. The Labute approximate surface area is 131 Å². The molecular formula is C16H27N3O3. The maximum atomic E-state index is 12.1. The summed E-state index contributed by atoms with van der Waals surface area (Å²) in [7, 11) is 0. The monoisotopic (exact) mass is 309 g/mol. The molecule has 3 aliphatic heterocycles. The molecule has 22 heavy (non-hydrogen) atoms. The number of aliphatic hydroxyl groups excluding tert-OH is 1. The van der Waals surface area contributed by atoms with Gasteiger partial charge in [0.1, 0.15) is 0 Å². The van der Waals surface area contributed by atoms with Crippen molar-refractivity contribution < 1.29 is 14.7 Å². The Bertz CT molecular complexity index is 421. The van der Waals surface area contributed by atoms with Crippen LogP contribution in [0, 0.1) is 5.92 Å². The predicted octanol–water partition coefficient (Wildman–Crippen LogP) is -0.0397. The third-order valence-electron chi connectivity index (χ3n) is 5.50. The van der Waals surface area contributed by atoms with Gasteiger partial charge in [-0.15, -0.1) is 0 Å². The van der Waals surface area contributed by atoms with Crippen molar-refractivity contribution in [3.05, 3.63) is 0 Å². The molecular weight excluding hydrogens is 282 g/mol. The molecule has 2 atom stereocenters. The molecule has 0 bridgehead atoms. The summed E-state index contributed by atoms with van der Waals surface area (Å²) in [6.45, 7) is 4.30. The van der Waals surface area contributed by atoms with Crippen LogP contribution < -0.4 is 5.32 Å². The van der Waals surface area contributed by atoms with E-state index in [1.807, 2.05) is 0 Å². The van der Waals surface area contributed by atoms with Crippen LogP contribution in [-0.4, -0.2) is 71.6 Å². The zero-order chi connectivity index (χ0) is 15.5. The molecule has 0 spiro atoms. The van der Waals surface area contributed by atoms with Gasteiger partial charge in [0.15, 0.2) is 0 Å². The SMILES string of the molecule is O=C1CCC(N2CCCC(N3CCC(CO)CC3)C2)C(=O)N1. The number of nitrogens with zero attached hydrogens (tertiary/aromatic N) is 2. The number of carbonyl (C=O) groups excluding carboxylic acids is 2. The van der Waals surface area contributed by atoms with Crippen LogP contribution in [0.3, 0.4) is 0 Å². The average molecular weight is 309 g/mol. The highest BCUT2D eigenvalue weighted by molar-refractivity contribution is 6.00. The van der Waals surface area contributed by atoms with Gasteiger partial charge >= 0.3 is 0 Å². The van der Waals surface area contributed by atoms with Crippen LogP contribution >= 0.6 is 0 Å². The Morgan fingerprint density at radius 2 is 1.82 bits per heavy atom. The maximum Gasteiger partial charge on any atom is 0.243 e. The highest BCUT2D eigenvalue weighted by atomic mass is 16.3. The summed E-state index contributed by atoms with van der Waals surface area (Å²) in [5.41, 5.74) is 0. The van der Waals surface area contributed by atoms with E-state index >= 15 is 0 Å². The number of nitrogens with one attached hydrogen (secondary N) is 1. The quantitative estimate of drug-likeness (QED) is 0.716. The van der Waals surface area contributed by atoms with Gasteiger partial charge in [-0.2, -0.15) is 0 Å². The molecule has 0 aromatic carbocycles. The average Bonchev–Trinajstić information content (AvgIpc) is 2.55. The zero-order valence-electron chi connectivity index (χ0n) is 13.2. The van der Waals surface area contributed by atoms with E-state index < -0.39 is 0 Å². The van der Waals surface area contributed by atoms with Crippen molar-refractivity contribution in [2.75, 3.05) is 32.8 Å². The number of imide groups is 1. The molecule has 2 amide bonds. The summed E-state index contributed by atoms with van der Waals surface area (Å²) in [4.78, 5) is 28.2. The van der Waals surface area contributed by atoms with E-state index in [9.17, 15) is 14.7 Å². The van der Waals surface area contributed by atoms with E-state index in [1.54, 1.807) is 0 Å². The predicted molar refractivity (Wildman–Crippen MR) is 82.1 cm³/mol. The summed E-state index contributed by atoms with van der Waals surface area (Å²) in [5.74, 6) is 0.211. The van der Waals surface area contributed by atoms with E-state index in [0.717, 1.165) is 45.4 Å². The Balaban J connectivity index is 1.55. The van der Waals surface area contributed by atoms with E-state index in [2.05, 4.69) is 15.1 Å². The fourth-order valence-corrected chi connectivity index (χ4v) is 4.10. The first-order chi connectivity index (χ1) is 10.7. The molecule has 3 fully saturated rings. The summed E-state index contributed by atoms with van der Waals surface area (Å²) in [5, 5.41) is 11.7. The topological polar surface area (TPSA) is 72.9 Å². The molecule has 6 nitrogen and oxygen atoms in total. The molecule has 2 unspecified atom stereocenters. The number of aliphatic hydroxyl groups is 1. The lowest BCUT2D eigenvalue weighted by molar-refractivity contribution is -0.138. The summed E-state index contributed by atoms with van der Waals surface area (Å²) < 4.78 is 0. The highest BCUT2D eigenvalue weighted by Gasteiger charge is 2.36. The molecule has 0 aromatic heterocycles. The molecule has 2 N–H and O–H groups in total. The summed E-state index contributed by atoms with van der Waals surface area (Å²) in [6, 6.07) is 0.384. The van der Waals surface area contributed by atoms with Crippen molar-refractivity contribution in [2.45, 2.75) is 50.6 Å². The van der Waals surface area contributed by atoms with Gasteiger partial charge in [-0.05, 0) is 57.7 Å². The van der Waals surface area contributed by atoms with Crippen molar-refractivity contribution in [3.8, 4) is 0 Å². The number of hydrogen-bond acceptors (Lipinski definition) is 5. The first-order valence-corrected chi connectivity index (χ1v) is 8.60. The Morgan fingerprint density at radius 1 is 1.05 bits per heavy atom.